The molecule has 3 aliphatic carbocycles. The first-order chi connectivity index (χ1) is 6.23. The number of carbonyl (C=O) groups is 1. The molecular formula is C12H16O. The lowest BCUT2D eigenvalue weighted by atomic mass is 9.76. The number of ketones is 1. The van der Waals surface area contributed by atoms with Crippen LogP contribution < -0.4 is 0 Å². The molecule has 0 bridgehead atoms. The van der Waals surface area contributed by atoms with Crippen LogP contribution in [0.25, 0.3) is 0 Å². The molecule has 0 saturated heterocycles. The van der Waals surface area contributed by atoms with Crippen molar-refractivity contribution in [2.24, 2.45) is 11.3 Å². The zero-order chi connectivity index (χ0) is 9.05. The van der Waals surface area contributed by atoms with Crippen LogP contribution in [0.2, 0.25) is 0 Å². The van der Waals surface area contributed by atoms with Crippen LogP contribution in [0, 0.1) is 11.3 Å². The third-order valence-corrected chi connectivity index (χ3v) is 4.48. The number of rotatable bonds is 0. The SMILES string of the molecule is CC12CCCC1C(=O)C1=C2CCC1. The summed E-state index contributed by atoms with van der Waals surface area (Å²) in [7, 11) is 0. The smallest absolute Gasteiger partial charge is 0.162 e. The molecule has 1 fully saturated rings. The van der Waals surface area contributed by atoms with E-state index < -0.39 is 0 Å². The van der Waals surface area contributed by atoms with E-state index in [2.05, 4.69) is 6.92 Å². The van der Waals surface area contributed by atoms with Crippen molar-refractivity contribution >= 4 is 5.78 Å². The van der Waals surface area contributed by atoms with Gasteiger partial charge in [0, 0.05) is 5.92 Å². The summed E-state index contributed by atoms with van der Waals surface area (Å²) in [6.07, 6.45) is 7.22. The van der Waals surface area contributed by atoms with E-state index in [4.69, 9.17) is 0 Å². The van der Waals surface area contributed by atoms with Crippen molar-refractivity contribution in [2.75, 3.05) is 0 Å². The Morgan fingerprint density at radius 2 is 2.15 bits per heavy atom. The number of Topliss-reactive ketones (excluding diaryl/α,β-unsaturated/α-hetero) is 1. The molecule has 0 aromatic rings. The third-order valence-electron chi connectivity index (χ3n) is 4.48. The fourth-order valence-electron chi connectivity index (χ4n) is 3.80. The highest BCUT2D eigenvalue weighted by Gasteiger charge is 2.53. The van der Waals surface area contributed by atoms with Gasteiger partial charge in [-0.2, -0.15) is 0 Å². The Balaban J connectivity index is 2.12. The summed E-state index contributed by atoms with van der Waals surface area (Å²) in [6.45, 7) is 2.33. The monoisotopic (exact) mass is 176 g/mol. The molecule has 0 amide bonds. The number of carbonyl (C=O) groups excluding carboxylic acids is 1. The van der Waals surface area contributed by atoms with Gasteiger partial charge in [0.25, 0.3) is 0 Å². The fourth-order valence-corrected chi connectivity index (χ4v) is 3.80. The number of fused-ring (bicyclic) bond motifs is 2. The molecule has 3 aliphatic rings. The van der Waals surface area contributed by atoms with Crippen LogP contribution in [0.1, 0.15) is 45.4 Å². The molecule has 0 aromatic heterocycles. The van der Waals surface area contributed by atoms with Gasteiger partial charge < -0.3 is 0 Å². The van der Waals surface area contributed by atoms with Gasteiger partial charge in [-0.25, -0.2) is 0 Å². The minimum atomic E-state index is 0.308. The van der Waals surface area contributed by atoms with Crippen molar-refractivity contribution in [1.29, 1.82) is 0 Å². The summed E-state index contributed by atoms with van der Waals surface area (Å²) < 4.78 is 0. The molecule has 2 atom stereocenters. The Bertz CT molecular complexity index is 313. The highest BCUT2D eigenvalue weighted by atomic mass is 16.1. The van der Waals surface area contributed by atoms with Crippen molar-refractivity contribution in [3.8, 4) is 0 Å². The summed E-state index contributed by atoms with van der Waals surface area (Å²) in [4.78, 5) is 12.0. The van der Waals surface area contributed by atoms with Gasteiger partial charge in [0.1, 0.15) is 0 Å². The van der Waals surface area contributed by atoms with E-state index in [-0.39, 0.29) is 0 Å². The Labute approximate surface area is 79.2 Å². The van der Waals surface area contributed by atoms with E-state index in [0.29, 0.717) is 17.1 Å². The number of allylic oxidation sites excluding steroid dienone is 2. The zero-order valence-electron chi connectivity index (χ0n) is 8.23. The average molecular weight is 176 g/mol. The van der Waals surface area contributed by atoms with Crippen LogP contribution >= 0.6 is 0 Å². The van der Waals surface area contributed by atoms with Crippen molar-refractivity contribution < 1.29 is 4.79 Å². The molecule has 3 rings (SSSR count). The standard InChI is InChI=1S/C12H16O/c1-12-7-3-6-10(12)11(13)8-4-2-5-9(8)12/h10H,2-7H2,1H3. The molecule has 0 heterocycles. The quantitative estimate of drug-likeness (QED) is 0.554. The van der Waals surface area contributed by atoms with Gasteiger partial charge in [0.2, 0.25) is 0 Å². The van der Waals surface area contributed by atoms with Gasteiger partial charge in [0.15, 0.2) is 5.78 Å². The van der Waals surface area contributed by atoms with E-state index in [1.807, 2.05) is 0 Å². The molecule has 0 aromatic carbocycles. The molecule has 0 N–H and O–H groups in total. The lowest BCUT2D eigenvalue weighted by Crippen LogP contribution is -2.23. The maximum Gasteiger partial charge on any atom is 0.162 e. The first kappa shape index (κ1) is 7.78. The summed E-state index contributed by atoms with van der Waals surface area (Å²) in [5.41, 5.74) is 3.11. The van der Waals surface area contributed by atoms with E-state index in [0.717, 1.165) is 12.8 Å². The van der Waals surface area contributed by atoms with Crippen molar-refractivity contribution in [1.82, 2.24) is 0 Å². The molecule has 0 aliphatic heterocycles. The maximum atomic E-state index is 12.0. The first-order valence-electron chi connectivity index (χ1n) is 5.50. The molecule has 70 valence electrons. The van der Waals surface area contributed by atoms with Gasteiger partial charge >= 0.3 is 0 Å². The van der Waals surface area contributed by atoms with E-state index in [1.54, 1.807) is 5.57 Å². The Morgan fingerprint density at radius 3 is 3.00 bits per heavy atom. The third kappa shape index (κ3) is 0.762. The molecule has 1 nitrogen and oxygen atoms in total. The lowest BCUT2D eigenvalue weighted by molar-refractivity contribution is -0.119. The van der Waals surface area contributed by atoms with E-state index >= 15 is 0 Å². The average Bonchev–Trinajstić information content (AvgIpc) is 2.71. The Kier molecular flexibility index (Phi) is 1.35. The predicted molar refractivity (Wildman–Crippen MR) is 51.3 cm³/mol. The zero-order valence-corrected chi connectivity index (χ0v) is 8.23. The van der Waals surface area contributed by atoms with Gasteiger partial charge in [-0.3, -0.25) is 4.79 Å². The topological polar surface area (TPSA) is 17.1 Å². The van der Waals surface area contributed by atoms with Crippen LogP contribution in [0.4, 0.5) is 0 Å². The van der Waals surface area contributed by atoms with Crippen LogP contribution in [0.3, 0.4) is 0 Å². The van der Waals surface area contributed by atoms with Crippen LogP contribution in [0.5, 0.6) is 0 Å². The summed E-state index contributed by atoms with van der Waals surface area (Å²) in [6, 6.07) is 0. The van der Waals surface area contributed by atoms with E-state index in [1.165, 1.54) is 31.3 Å². The number of hydrogen-bond donors (Lipinski definition) is 0. The summed E-state index contributed by atoms with van der Waals surface area (Å²) >= 11 is 0. The number of hydrogen-bond acceptors (Lipinski definition) is 1. The second-order valence-electron chi connectivity index (χ2n) is 5.04. The minimum absolute atomic E-state index is 0.308. The van der Waals surface area contributed by atoms with Crippen LogP contribution in [-0.2, 0) is 4.79 Å². The minimum Gasteiger partial charge on any atom is -0.294 e. The van der Waals surface area contributed by atoms with Crippen molar-refractivity contribution in [2.45, 2.75) is 45.4 Å². The molecular weight excluding hydrogens is 160 g/mol. The van der Waals surface area contributed by atoms with Crippen molar-refractivity contribution in [3.63, 3.8) is 0 Å². The molecule has 2 unspecified atom stereocenters. The highest BCUT2D eigenvalue weighted by molar-refractivity contribution is 6.02. The maximum absolute atomic E-state index is 12.0. The second kappa shape index (κ2) is 2.26. The largest absolute Gasteiger partial charge is 0.294 e. The fraction of sp³-hybridized carbons (Fsp3) is 0.750. The van der Waals surface area contributed by atoms with Crippen LogP contribution in [-0.4, -0.2) is 5.78 Å². The molecule has 13 heavy (non-hydrogen) atoms. The first-order valence-corrected chi connectivity index (χ1v) is 5.50. The van der Waals surface area contributed by atoms with Gasteiger partial charge in [-0.1, -0.05) is 18.9 Å². The Hall–Kier alpha value is -0.590. The molecule has 0 spiro atoms. The van der Waals surface area contributed by atoms with Gasteiger partial charge in [-0.05, 0) is 43.1 Å². The molecule has 1 heteroatoms. The molecule has 0 radical (unpaired) electrons. The predicted octanol–water partition coefficient (Wildman–Crippen LogP) is 2.86. The Morgan fingerprint density at radius 1 is 1.31 bits per heavy atom. The van der Waals surface area contributed by atoms with Gasteiger partial charge in [0.05, 0.1) is 0 Å². The molecule has 1 saturated carbocycles. The second-order valence-corrected chi connectivity index (χ2v) is 5.04. The van der Waals surface area contributed by atoms with Crippen molar-refractivity contribution in [3.05, 3.63) is 11.1 Å². The summed E-state index contributed by atoms with van der Waals surface area (Å²) in [5, 5.41) is 0. The lowest BCUT2D eigenvalue weighted by Gasteiger charge is -2.26. The highest BCUT2D eigenvalue weighted by Crippen LogP contribution is 2.59. The van der Waals surface area contributed by atoms with Crippen LogP contribution in [0.15, 0.2) is 11.1 Å². The summed E-state index contributed by atoms with van der Waals surface area (Å²) in [5.74, 6) is 0.908. The van der Waals surface area contributed by atoms with E-state index in [9.17, 15) is 4.79 Å². The normalized spacial score (nSPS) is 42.8. The van der Waals surface area contributed by atoms with Gasteiger partial charge in [-0.15, -0.1) is 0 Å².